The average molecular weight is 237 g/mol. The van der Waals surface area contributed by atoms with Crippen molar-refractivity contribution in [2.45, 2.75) is 12.0 Å². The molecule has 0 aromatic carbocycles. The van der Waals surface area contributed by atoms with Gasteiger partial charge in [-0.05, 0) is 0 Å². The van der Waals surface area contributed by atoms with Crippen LogP contribution in [0.2, 0.25) is 0 Å². The summed E-state index contributed by atoms with van der Waals surface area (Å²) < 4.78 is 26.5. The highest BCUT2D eigenvalue weighted by atomic mass is 32.2. The molecule has 0 aliphatic carbocycles. The fourth-order valence-corrected chi connectivity index (χ4v) is 1.87. The molecule has 15 heavy (non-hydrogen) atoms. The molecule has 2 N–H and O–H groups in total. The predicted molar refractivity (Wildman–Crippen MR) is 53.1 cm³/mol. The molecule has 1 saturated heterocycles. The Bertz CT molecular complexity index is 331. The second-order valence-electron chi connectivity index (χ2n) is 3.87. The van der Waals surface area contributed by atoms with Crippen molar-refractivity contribution in [3.63, 3.8) is 0 Å². The summed E-state index contributed by atoms with van der Waals surface area (Å²) in [5.74, 6) is -1.15. The average Bonchev–Trinajstić information content (AvgIpc) is 2.47. The smallest absolute Gasteiger partial charge is 0.235 e. The molecule has 0 radical (unpaired) electrons. The minimum absolute atomic E-state index is 0.0291. The van der Waals surface area contributed by atoms with E-state index in [0.29, 0.717) is 13.0 Å². The van der Waals surface area contributed by atoms with Crippen molar-refractivity contribution < 1.29 is 23.1 Å². The second kappa shape index (κ2) is 4.46. The summed E-state index contributed by atoms with van der Waals surface area (Å²) in [6.07, 6.45) is 1.44. The summed E-state index contributed by atoms with van der Waals surface area (Å²) in [5, 5.41) is 12.1. The Kier molecular flexibility index (Phi) is 3.69. The van der Waals surface area contributed by atoms with Gasteiger partial charge in [0.05, 0.1) is 6.61 Å². The van der Waals surface area contributed by atoms with Crippen molar-refractivity contribution in [1.82, 2.24) is 5.32 Å². The summed E-state index contributed by atoms with van der Waals surface area (Å²) in [7, 11) is -3.31. The monoisotopic (exact) mass is 237 g/mol. The van der Waals surface area contributed by atoms with Crippen LogP contribution in [0, 0.1) is 0 Å². The summed E-state index contributed by atoms with van der Waals surface area (Å²) in [4.78, 5) is 11.1. The van der Waals surface area contributed by atoms with E-state index in [9.17, 15) is 18.3 Å². The zero-order chi connectivity index (χ0) is 11.5. The fraction of sp³-hybridized carbons (Fsp3) is 0.875. The molecule has 1 atom stereocenters. The van der Waals surface area contributed by atoms with Gasteiger partial charge in [-0.2, -0.15) is 0 Å². The maximum absolute atomic E-state index is 11.1. The number of sulfone groups is 1. The maximum Gasteiger partial charge on any atom is 0.235 e. The van der Waals surface area contributed by atoms with Crippen molar-refractivity contribution in [2.24, 2.45) is 0 Å². The number of rotatable bonds is 4. The third-order valence-corrected chi connectivity index (χ3v) is 2.88. The van der Waals surface area contributed by atoms with Gasteiger partial charge in [-0.3, -0.25) is 4.79 Å². The molecule has 0 aromatic rings. The van der Waals surface area contributed by atoms with E-state index < -0.39 is 27.1 Å². The maximum atomic E-state index is 11.1. The molecule has 88 valence electrons. The Hall–Kier alpha value is -0.660. The van der Waals surface area contributed by atoms with Gasteiger partial charge in [-0.25, -0.2) is 8.42 Å². The summed E-state index contributed by atoms with van der Waals surface area (Å²) in [6.45, 7) is 0.659. The predicted octanol–water partition coefficient (Wildman–Crippen LogP) is -1.70. The number of nitrogens with one attached hydrogen (secondary N) is 1. The van der Waals surface area contributed by atoms with Gasteiger partial charge in [-0.15, -0.1) is 0 Å². The van der Waals surface area contributed by atoms with E-state index in [-0.39, 0.29) is 13.2 Å². The molecule has 0 bridgehead atoms. The van der Waals surface area contributed by atoms with E-state index in [1.54, 1.807) is 0 Å². The van der Waals surface area contributed by atoms with E-state index >= 15 is 0 Å². The molecule has 6 nitrogen and oxygen atoms in total. The van der Waals surface area contributed by atoms with Crippen LogP contribution in [0.3, 0.4) is 0 Å². The van der Waals surface area contributed by atoms with E-state index in [1.807, 2.05) is 0 Å². The highest BCUT2D eigenvalue weighted by molar-refractivity contribution is 7.91. The molecular weight excluding hydrogens is 222 g/mol. The summed E-state index contributed by atoms with van der Waals surface area (Å²) in [5.41, 5.74) is -1.05. The van der Waals surface area contributed by atoms with Crippen LogP contribution < -0.4 is 5.32 Å². The number of aliphatic hydroxyl groups is 1. The zero-order valence-corrected chi connectivity index (χ0v) is 9.34. The number of carbonyl (C=O) groups excluding carboxylic acids is 1. The van der Waals surface area contributed by atoms with Crippen LogP contribution in [-0.2, 0) is 19.4 Å². The van der Waals surface area contributed by atoms with Crippen LogP contribution in [0.4, 0.5) is 0 Å². The summed E-state index contributed by atoms with van der Waals surface area (Å²) >= 11 is 0. The Morgan fingerprint density at radius 3 is 2.73 bits per heavy atom. The molecule has 1 aliphatic heterocycles. The molecule has 1 unspecified atom stereocenters. The van der Waals surface area contributed by atoms with Crippen molar-refractivity contribution in [1.29, 1.82) is 0 Å². The molecular formula is C8H15NO5S. The van der Waals surface area contributed by atoms with E-state index in [1.165, 1.54) is 0 Å². The second-order valence-corrected chi connectivity index (χ2v) is 6.01. The molecule has 1 rings (SSSR count). The molecule has 0 spiro atoms. The lowest BCUT2D eigenvalue weighted by molar-refractivity contribution is -0.119. The molecule has 1 amide bonds. The van der Waals surface area contributed by atoms with Crippen LogP contribution in [0.15, 0.2) is 0 Å². The van der Waals surface area contributed by atoms with Crippen LogP contribution in [0.1, 0.15) is 6.42 Å². The number of carbonyl (C=O) groups is 1. The van der Waals surface area contributed by atoms with Gasteiger partial charge in [0.15, 0.2) is 9.84 Å². The fourth-order valence-electron chi connectivity index (χ4n) is 1.29. The largest absolute Gasteiger partial charge is 0.386 e. The SMILES string of the molecule is CS(=O)(=O)CC(=O)NCC1(O)CCOC1. The molecule has 1 fully saturated rings. The third kappa shape index (κ3) is 4.59. The van der Waals surface area contributed by atoms with Crippen molar-refractivity contribution >= 4 is 15.7 Å². The highest BCUT2D eigenvalue weighted by Gasteiger charge is 2.32. The number of hydrogen-bond donors (Lipinski definition) is 2. The van der Waals surface area contributed by atoms with Gasteiger partial charge in [0.1, 0.15) is 11.4 Å². The zero-order valence-electron chi connectivity index (χ0n) is 8.52. The molecule has 7 heteroatoms. The van der Waals surface area contributed by atoms with Gasteiger partial charge < -0.3 is 15.2 Å². The minimum Gasteiger partial charge on any atom is -0.386 e. The van der Waals surface area contributed by atoms with Gasteiger partial charge in [0.25, 0.3) is 0 Å². The Balaban J connectivity index is 2.34. The van der Waals surface area contributed by atoms with E-state index in [2.05, 4.69) is 5.32 Å². The van der Waals surface area contributed by atoms with Gasteiger partial charge in [-0.1, -0.05) is 0 Å². The normalized spacial score (nSPS) is 26.5. The molecule has 1 aliphatic rings. The van der Waals surface area contributed by atoms with Crippen LogP contribution in [-0.4, -0.2) is 56.8 Å². The van der Waals surface area contributed by atoms with Gasteiger partial charge >= 0.3 is 0 Å². The molecule has 0 aromatic heterocycles. The van der Waals surface area contributed by atoms with Crippen molar-refractivity contribution in [3.05, 3.63) is 0 Å². The van der Waals surface area contributed by atoms with Crippen LogP contribution in [0.5, 0.6) is 0 Å². The van der Waals surface area contributed by atoms with Crippen molar-refractivity contribution in [3.8, 4) is 0 Å². The Morgan fingerprint density at radius 2 is 2.27 bits per heavy atom. The number of hydrogen-bond acceptors (Lipinski definition) is 5. The van der Waals surface area contributed by atoms with Gasteiger partial charge in [0, 0.05) is 25.8 Å². The van der Waals surface area contributed by atoms with E-state index in [4.69, 9.17) is 4.74 Å². The highest BCUT2D eigenvalue weighted by Crippen LogP contribution is 2.16. The standard InChI is InChI=1S/C8H15NO5S/c1-15(12,13)4-7(10)9-5-8(11)2-3-14-6-8/h11H,2-6H2,1H3,(H,9,10). The lowest BCUT2D eigenvalue weighted by Crippen LogP contribution is -2.44. The van der Waals surface area contributed by atoms with Crippen LogP contribution >= 0.6 is 0 Å². The first-order valence-corrected chi connectivity index (χ1v) is 6.61. The molecule has 1 heterocycles. The lowest BCUT2D eigenvalue weighted by Gasteiger charge is -2.20. The lowest BCUT2D eigenvalue weighted by atomic mass is 10.0. The first-order chi connectivity index (χ1) is 6.81. The number of amides is 1. The molecule has 0 saturated carbocycles. The van der Waals surface area contributed by atoms with Crippen LogP contribution in [0.25, 0.3) is 0 Å². The topological polar surface area (TPSA) is 92.7 Å². The summed E-state index contributed by atoms with van der Waals surface area (Å²) in [6, 6.07) is 0. The van der Waals surface area contributed by atoms with Gasteiger partial charge in [0.2, 0.25) is 5.91 Å². The minimum atomic E-state index is -3.31. The Labute approximate surface area is 88.5 Å². The van der Waals surface area contributed by atoms with Crippen molar-refractivity contribution in [2.75, 3.05) is 31.8 Å². The quantitative estimate of drug-likeness (QED) is 0.608. The van der Waals surface area contributed by atoms with E-state index in [0.717, 1.165) is 6.26 Å². The first-order valence-electron chi connectivity index (χ1n) is 4.55. The third-order valence-electron chi connectivity index (χ3n) is 2.09. The Morgan fingerprint density at radius 1 is 1.60 bits per heavy atom. The first kappa shape index (κ1) is 12.4. The number of ether oxygens (including phenoxy) is 1.